The largest absolute Gasteiger partial charge is 0.508 e. The van der Waals surface area contributed by atoms with Gasteiger partial charge in [-0.1, -0.05) is 38.3 Å². The predicted octanol–water partition coefficient (Wildman–Crippen LogP) is 3.11. The van der Waals surface area contributed by atoms with Crippen molar-refractivity contribution in [1.29, 1.82) is 0 Å². The second-order valence-corrected chi connectivity index (χ2v) is 6.31. The van der Waals surface area contributed by atoms with Gasteiger partial charge >= 0.3 is 0 Å². The molecule has 3 N–H and O–H groups in total. The molecule has 3 rings (SSSR count). The summed E-state index contributed by atoms with van der Waals surface area (Å²) < 4.78 is 0. The molecule has 3 atom stereocenters. The molecule has 0 spiro atoms. The predicted molar refractivity (Wildman–Crippen MR) is 73.7 cm³/mol. The Morgan fingerprint density at radius 1 is 1.28 bits per heavy atom. The van der Waals surface area contributed by atoms with Crippen LogP contribution in [0.5, 0.6) is 5.75 Å². The molecule has 98 valence electrons. The first-order chi connectivity index (χ1) is 8.63. The van der Waals surface area contributed by atoms with Crippen molar-refractivity contribution in [2.45, 2.75) is 56.9 Å². The van der Waals surface area contributed by atoms with Gasteiger partial charge in [0.05, 0.1) is 0 Å². The fraction of sp³-hybridized carbons (Fsp3) is 0.625. The summed E-state index contributed by atoms with van der Waals surface area (Å²) in [5, 5.41) is 10.1. The molecule has 3 unspecified atom stereocenters. The molecule has 1 fully saturated rings. The average molecular weight is 245 g/mol. The van der Waals surface area contributed by atoms with E-state index in [-0.39, 0.29) is 11.5 Å². The maximum Gasteiger partial charge on any atom is 0.119 e. The minimum atomic E-state index is 0.0530. The van der Waals surface area contributed by atoms with E-state index in [0.29, 0.717) is 11.7 Å². The molecular formula is C16H23NO. The second-order valence-electron chi connectivity index (χ2n) is 6.31. The molecule has 0 heterocycles. The Kier molecular flexibility index (Phi) is 2.86. The molecule has 0 aliphatic heterocycles. The lowest BCUT2D eigenvalue weighted by Gasteiger charge is -2.47. The Labute approximate surface area is 109 Å². The summed E-state index contributed by atoms with van der Waals surface area (Å²) in [6.45, 7) is 2.30. The maximum atomic E-state index is 10.1. The van der Waals surface area contributed by atoms with Crippen LogP contribution >= 0.6 is 0 Å². The van der Waals surface area contributed by atoms with Crippen molar-refractivity contribution in [3.8, 4) is 5.75 Å². The molecule has 18 heavy (non-hydrogen) atoms. The SMILES string of the molecule is CC12CCCCCC(Cc3c(O)cccc31)C2N. The zero-order chi connectivity index (χ0) is 12.8. The van der Waals surface area contributed by atoms with Crippen LogP contribution in [0, 0.1) is 5.92 Å². The van der Waals surface area contributed by atoms with Crippen molar-refractivity contribution in [2.24, 2.45) is 11.7 Å². The summed E-state index contributed by atoms with van der Waals surface area (Å²) in [5.74, 6) is 1.01. The van der Waals surface area contributed by atoms with E-state index in [1.165, 1.54) is 31.2 Å². The Morgan fingerprint density at radius 2 is 2.11 bits per heavy atom. The van der Waals surface area contributed by atoms with Crippen LogP contribution in [0.3, 0.4) is 0 Å². The van der Waals surface area contributed by atoms with Crippen molar-refractivity contribution in [2.75, 3.05) is 0 Å². The van der Waals surface area contributed by atoms with Crippen molar-refractivity contribution in [1.82, 2.24) is 0 Å². The van der Waals surface area contributed by atoms with Crippen LogP contribution in [-0.2, 0) is 11.8 Å². The molecule has 1 aromatic rings. The highest BCUT2D eigenvalue weighted by Gasteiger charge is 2.44. The van der Waals surface area contributed by atoms with Crippen molar-refractivity contribution in [3.63, 3.8) is 0 Å². The quantitative estimate of drug-likeness (QED) is 0.737. The highest BCUT2D eigenvalue weighted by molar-refractivity contribution is 5.47. The fourth-order valence-corrected chi connectivity index (χ4v) is 4.07. The van der Waals surface area contributed by atoms with Gasteiger partial charge in [0.2, 0.25) is 0 Å². The number of benzene rings is 1. The minimum absolute atomic E-state index is 0.0530. The molecule has 0 aromatic heterocycles. The van der Waals surface area contributed by atoms with E-state index < -0.39 is 0 Å². The fourth-order valence-electron chi connectivity index (χ4n) is 4.07. The standard InChI is InChI=1S/C16H23NO/c1-16-9-4-2-3-6-11(15(16)17)10-12-13(16)7-5-8-14(12)18/h5,7-8,11,15,18H,2-4,6,9-10,17H2,1H3. The van der Waals surface area contributed by atoms with Gasteiger partial charge in [0.1, 0.15) is 5.75 Å². The lowest BCUT2D eigenvalue weighted by Crippen LogP contribution is -2.52. The van der Waals surface area contributed by atoms with Gasteiger partial charge in [-0.3, -0.25) is 0 Å². The van der Waals surface area contributed by atoms with Crippen LogP contribution in [0.1, 0.15) is 50.2 Å². The third kappa shape index (κ3) is 1.66. The van der Waals surface area contributed by atoms with E-state index in [4.69, 9.17) is 5.73 Å². The van der Waals surface area contributed by atoms with Crippen LogP contribution < -0.4 is 5.73 Å². The van der Waals surface area contributed by atoms with Gasteiger partial charge in [-0.25, -0.2) is 0 Å². The van der Waals surface area contributed by atoms with E-state index in [0.717, 1.165) is 18.4 Å². The zero-order valence-corrected chi connectivity index (χ0v) is 11.2. The topological polar surface area (TPSA) is 46.2 Å². The molecule has 2 aliphatic carbocycles. The first-order valence-electron chi connectivity index (χ1n) is 7.20. The van der Waals surface area contributed by atoms with Gasteiger partial charge in [0, 0.05) is 11.5 Å². The summed E-state index contributed by atoms with van der Waals surface area (Å²) in [7, 11) is 0. The monoisotopic (exact) mass is 245 g/mol. The normalized spacial score (nSPS) is 35.4. The van der Waals surface area contributed by atoms with Crippen LogP contribution in [0.25, 0.3) is 0 Å². The highest BCUT2D eigenvalue weighted by Crippen LogP contribution is 2.47. The number of hydrogen-bond donors (Lipinski definition) is 2. The molecule has 1 saturated carbocycles. The van der Waals surface area contributed by atoms with Gasteiger partial charge < -0.3 is 10.8 Å². The Hall–Kier alpha value is -1.02. The molecule has 1 aromatic carbocycles. The van der Waals surface area contributed by atoms with E-state index in [1.54, 1.807) is 0 Å². The summed E-state index contributed by atoms with van der Waals surface area (Å²) in [5.41, 5.74) is 9.08. The van der Waals surface area contributed by atoms with Gasteiger partial charge in [0.25, 0.3) is 0 Å². The molecular weight excluding hydrogens is 222 g/mol. The number of phenols is 1. The van der Waals surface area contributed by atoms with E-state index in [1.807, 2.05) is 12.1 Å². The second kappa shape index (κ2) is 4.27. The molecule has 0 radical (unpaired) electrons. The van der Waals surface area contributed by atoms with E-state index in [9.17, 15) is 5.11 Å². The average Bonchev–Trinajstić information content (AvgIpc) is 2.36. The van der Waals surface area contributed by atoms with Gasteiger partial charge in [-0.2, -0.15) is 0 Å². The first kappa shape index (κ1) is 12.0. The van der Waals surface area contributed by atoms with Crippen LogP contribution in [0.2, 0.25) is 0 Å². The number of rotatable bonds is 0. The molecule has 2 heteroatoms. The number of nitrogens with two attached hydrogens (primary N) is 1. The molecule has 2 bridgehead atoms. The Bertz CT molecular complexity index is 456. The van der Waals surface area contributed by atoms with Crippen molar-refractivity contribution in [3.05, 3.63) is 29.3 Å². The summed E-state index contributed by atoms with van der Waals surface area (Å²) in [6, 6.07) is 6.20. The maximum absolute atomic E-state index is 10.1. The summed E-state index contributed by atoms with van der Waals surface area (Å²) in [4.78, 5) is 0. The minimum Gasteiger partial charge on any atom is -0.508 e. The van der Waals surface area contributed by atoms with Crippen LogP contribution in [-0.4, -0.2) is 11.1 Å². The lowest BCUT2D eigenvalue weighted by molar-refractivity contribution is 0.199. The van der Waals surface area contributed by atoms with Crippen molar-refractivity contribution >= 4 is 0 Å². The van der Waals surface area contributed by atoms with Gasteiger partial charge in [-0.15, -0.1) is 0 Å². The number of aromatic hydroxyl groups is 1. The van der Waals surface area contributed by atoms with Crippen molar-refractivity contribution < 1.29 is 5.11 Å². The van der Waals surface area contributed by atoms with Gasteiger partial charge in [0.15, 0.2) is 0 Å². The molecule has 0 amide bonds. The highest BCUT2D eigenvalue weighted by atomic mass is 16.3. The molecule has 2 nitrogen and oxygen atoms in total. The first-order valence-corrected chi connectivity index (χ1v) is 7.20. The van der Waals surface area contributed by atoms with Gasteiger partial charge in [-0.05, 0) is 42.4 Å². The Morgan fingerprint density at radius 3 is 2.94 bits per heavy atom. The summed E-state index contributed by atoms with van der Waals surface area (Å²) >= 11 is 0. The third-order valence-corrected chi connectivity index (χ3v) is 5.25. The zero-order valence-electron chi connectivity index (χ0n) is 11.2. The number of fused-ring (bicyclic) bond motifs is 4. The lowest BCUT2D eigenvalue weighted by atomic mass is 9.60. The molecule has 2 aliphatic rings. The van der Waals surface area contributed by atoms with E-state index in [2.05, 4.69) is 13.0 Å². The number of hydrogen-bond acceptors (Lipinski definition) is 2. The van der Waals surface area contributed by atoms with Crippen LogP contribution in [0.4, 0.5) is 0 Å². The molecule has 0 saturated heterocycles. The third-order valence-electron chi connectivity index (χ3n) is 5.25. The summed E-state index contributed by atoms with van der Waals surface area (Å²) in [6.07, 6.45) is 7.20. The van der Waals surface area contributed by atoms with E-state index >= 15 is 0 Å². The number of phenolic OH excluding ortho intramolecular Hbond substituents is 1. The van der Waals surface area contributed by atoms with Crippen LogP contribution in [0.15, 0.2) is 18.2 Å². The Balaban J connectivity index is 2.14. The smallest absolute Gasteiger partial charge is 0.119 e.